The summed E-state index contributed by atoms with van der Waals surface area (Å²) in [6, 6.07) is 0. The Bertz CT molecular complexity index is 125. The van der Waals surface area contributed by atoms with Crippen LogP contribution in [0.5, 0.6) is 0 Å². The second-order valence-corrected chi connectivity index (χ2v) is 2.62. The standard InChI is InChI=1S/C7H12O2/c1-4-6(9)7(2,3)5-8/h5H,4H2,1-3H3. The molecule has 0 amide bonds. The molecule has 0 atom stereocenters. The first-order valence-electron chi connectivity index (χ1n) is 3.04. The van der Waals surface area contributed by atoms with E-state index in [4.69, 9.17) is 0 Å². The van der Waals surface area contributed by atoms with Crippen molar-refractivity contribution in [2.24, 2.45) is 5.41 Å². The summed E-state index contributed by atoms with van der Waals surface area (Å²) in [5.41, 5.74) is -0.769. The molecule has 0 rings (SSSR count). The minimum absolute atomic E-state index is 0.00231. The van der Waals surface area contributed by atoms with E-state index in [-0.39, 0.29) is 5.78 Å². The van der Waals surface area contributed by atoms with Crippen LogP contribution in [-0.4, -0.2) is 12.1 Å². The van der Waals surface area contributed by atoms with Crippen LogP contribution in [0.3, 0.4) is 0 Å². The fraction of sp³-hybridized carbons (Fsp3) is 0.714. The van der Waals surface area contributed by atoms with Crippen LogP contribution >= 0.6 is 0 Å². The monoisotopic (exact) mass is 128 g/mol. The van der Waals surface area contributed by atoms with Gasteiger partial charge in [-0.15, -0.1) is 0 Å². The highest BCUT2D eigenvalue weighted by Gasteiger charge is 2.24. The molecule has 0 aromatic carbocycles. The Labute approximate surface area is 55.3 Å². The van der Waals surface area contributed by atoms with Crippen LogP contribution in [0.2, 0.25) is 0 Å². The molecule has 0 aromatic rings. The van der Waals surface area contributed by atoms with Gasteiger partial charge in [-0.05, 0) is 13.8 Å². The summed E-state index contributed by atoms with van der Waals surface area (Å²) < 4.78 is 0. The van der Waals surface area contributed by atoms with E-state index < -0.39 is 5.41 Å². The van der Waals surface area contributed by atoms with Crippen LogP contribution in [0.4, 0.5) is 0 Å². The maximum atomic E-state index is 10.8. The summed E-state index contributed by atoms with van der Waals surface area (Å²) >= 11 is 0. The Balaban J connectivity index is 4.14. The Morgan fingerprint density at radius 1 is 1.56 bits per heavy atom. The zero-order valence-corrected chi connectivity index (χ0v) is 6.10. The van der Waals surface area contributed by atoms with Gasteiger partial charge >= 0.3 is 0 Å². The van der Waals surface area contributed by atoms with Gasteiger partial charge in [-0.2, -0.15) is 0 Å². The van der Waals surface area contributed by atoms with Gasteiger partial charge in [0.05, 0.1) is 5.41 Å². The van der Waals surface area contributed by atoms with Crippen molar-refractivity contribution in [1.82, 2.24) is 0 Å². The van der Waals surface area contributed by atoms with Gasteiger partial charge in [0.25, 0.3) is 0 Å². The number of carbonyl (C=O) groups is 2. The molecule has 0 aliphatic rings. The van der Waals surface area contributed by atoms with Gasteiger partial charge in [0.2, 0.25) is 0 Å². The average Bonchev–Trinajstić information content (AvgIpc) is 1.86. The summed E-state index contributed by atoms with van der Waals surface area (Å²) in [6.07, 6.45) is 1.13. The Hall–Kier alpha value is -0.660. The van der Waals surface area contributed by atoms with E-state index in [1.807, 2.05) is 0 Å². The van der Waals surface area contributed by atoms with Crippen molar-refractivity contribution in [2.75, 3.05) is 0 Å². The summed E-state index contributed by atoms with van der Waals surface area (Å²) in [5, 5.41) is 0. The number of hydrogen-bond acceptors (Lipinski definition) is 2. The molecule has 52 valence electrons. The van der Waals surface area contributed by atoms with Crippen molar-refractivity contribution >= 4 is 12.1 Å². The molecule has 2 nitrogen and oxygen atoms in total. The van der Waals surface area contributed by atoms with E-state index in [2.05, 4.69) is 0 Å². The Morgan fingerprint density at radius 2 is 2.00 bits per heavy atom. The van der Waals surface area contributed by atoms with E-state index in [0.717, 1.165) is 0 Å². The highest BCUT2D eigenvalue weighted by atomic mass is 16.1. The lowest BCUT2D eigenvalue weighted by Crippen LogP contribution is -2.24. The SMILES string of the molecule is CCC(=O)C(C)(C)C=O. The maximum absolute atomic E-state index is 10.8. The van der Waals surface area contributed by atoms with Crippen LogP contribution in [-0.2, 0) is 9.59 Å². The van der Waals surface area contributed by atoms with Gasteiger partial charge in [-0.1, -0.05) is 6.92 Å². The molecule has 0 saturated heterocycles. The average molecular weight is 128 g/mol. The number of rotatable bonds is 3. The molecule has 0 bridgehead atoms. The first kappa shape index (κ1) is 8.34. The molecule has 2 heteroatoms. The molecule has 0 saturated carbocycles. The van der Waals surface area contributed by atoms with E-state index >= 15 is 0 Å². The van der Waals surface area contributed by atoms with Crippen molar-refractivity contribution in [3.63, 3.8) is 0 Å². The summed E-state index contributed by atoms with van der Waals surface area (Å²) in [7, 11) is 0. The smallest absolute Gasteiger partial charge is 0.145 e. The second-order valence-electron chi connectivity index (χ2n) is 2.62. The fourth-order valence-electron chi connectivity index (χ4n) is 0.521. The van der Waals surface area contributed by atoms with Crippen molar-refractivity contribution < 1.29 is 9.59 Å². The van der Waals surface area contributed by atoms with Gasteiger partial charge in [-0.3, -0.25) is 4.79 Å². The molecule has 0 radical (unpaired) electrons. The van der Waals surface area contributed by atoms with Crippen LogP contribution in [0.15, 0.2) is 0 Å². The summed E-state index contributed by atoms with van der Waals surface area (Å²) in [4.78, 5) is 21.0. The molecule has 0 unspecified atom stereocenters. The maximum Gasteiger partial charge on any atom is 0.145 e. The zero-order valence-electron chi connectivity index (χ0n) is 6.10. The molecular formula is C7H12O2. The summed E-state index contributed by atoms with van der Waals surface area (Å²) in [5.74, 6) is -0.00231. The highest BCUT2D eigenvalue weighted by Crippen LogP contribution is 2.13. The van der Waals surface area contributed by atoms with Crippen molar-refractivity contribution in [3.05, 3.63) is 0 Å². The lowest BCUT2D eigenvalue weighted by atomic mass is 9.89. The van der Waals surface area contributed by atoms with Crippen LogP contribution in [0.1, 0.15) is 27.2 Å². The first-order valence-corrected chi connectivity index (χ1v) is 3.04. The van der Waals surface area contributed by atoms with E-state index in [1.54, 1.807) is 20.8 Å². The van der Waals surface area contributed by atoms with Crippen molar-refractivity contribution in [2.45, 2.75) is 27.2 Å². The molecule has 0 N–H and O–H groups in total. The number of hydrogen-bond donors (Lipinski definition) is 0. The molecule has 0 spiro atoms. The number of Topliss-reactive ketones (excluding diaryl/α,β-unsaturated/α-hetero) is 1. The van der Waals surface area contributed by atoms with Crippen molar-refractivity contribution in [1.29, 1.82) is 0 Å². The molecule has 0 aliphatic heterocycles. The molecular weight excluding hydrogens is 116 g/mol. The molecule has 0 fully saturated rings. The quantitative estimate of drug-likeness (QED) is 0.422. The number of ketones is 1. The highest BCUT2D eigenvalue weighted by molar-refractivity contribution is 5.96. The Morgan fingerprint density at radius 3 is 2.11 bits per heavy atom. The Kier molecular flexibility index (Phi) is 2.56. The third-order valence-electron chi connectivity index (χ3n) is 1.33. The third kappa shape index (κ3) is 1.96. The summed E-state index contributed by atoms with van der Waals surface area (Å²) in [6.45, 7) is 5.02. The molecule has 0 aliphatic carbocycles. The largest absolute Gasteiger partial charge is 0.302 e. The fourth-order valence-corrected chi connectivity index (χ4v) is 0.521. The van der Waals surface area contributed by atoms with Crippen LogP contribution in [0.25, 0.3) is 0 Å². The lowest BCUT2D eigenvalue weighted by Gasteiger charge is -2.12. The van der Waals surface area contributed by atoms with Gasteiger partial charge < -0.3 is 4.79 Å². The van der Waals surface area contributed by atoms with Gasteiger partial charge in [0, 0.05) is 6.42 Å². The number of aldehydes is 1. The minimum atomic E-state index is -0.769. The predicted octanol–water partition coefficient (Wildman–Crippen LogP) is 1.19. The first-order chi connectivity index (χ1) is 4.04. The molecule has 0 aromatic heterocycles. The lowest BCUT2D eigenvalue weighted by molar-refractivity contribution is -0.132. The normalized spacial score (nSPS) is 11.0. The zero-order chi connectivity index (χ0) is 7.49. The van der Waals surface area contributed by atoms with E-state index in [9.17, 15) is 9.59 Å². The van der Waals surface area contributed by atoms with Crippen LogP contribution in [0, 0.1) is 5.41 Å². The van der Waals surface area contributed by atoms with E-state index in [0.29, 0.717) is 12.7 Å². The van der Waals surface area contributed by atoms with E-state index in [1.165, 1.54) is 0 Å². The minimum Gasteiger partial charge on any atom is -0.302 e. The predicted molar refractivity (Wildman–Crippen MR) is 35.1 cm³/mol. The van der Waals surface area contributed by atoms with Gasteiger partial charge in [0.15, 0.2) is 0 Å². The number of carbonyl (C=O) groups excluding carboxylic acids is 2. The van der Waals surface area contributed by atoms with Gasteiger partial charge in [-0.25, -0.2) is 0 Å². The molecule has 0 heterocycles. The topological polar surface area (TPSA) is 34.1 Å². The third-order valence-corrected chi connectivity index (χ3v) is 1.33. The van der Waals surface area contributed by atoms with Crippen molar-refractivity contribution in [3.8, 4) is 0 Å². The second kappa shape index (κ2) is 2.76. The van der Waals surface area contributed by atoms with Gasteiger partial charge in [0.1, 0.15) is 12.1 Å². The molecule has 9 heavy (non-hydrogen) atoms. The van der Waals surface area contributed by atoms with Crippen LogP contribution < -0.4 is 0 Å².